The number of benzene rings is 1. The van der Waals surface area contributed by atoms with Crippen LogP contribution >= 0.6 is 0 Å². The topological polar surface area (TPSA) is 12.0 Å². The predicted octanol–water partition coefficient (Wildman–Crippen LogP) is 4.81. The molecule has 0 spiro atoms. The number of nitrogens with one attached hydrogen (secondary N) is 1. The SMILES string of the molecule is CCCNCC1CCC(C)(C)CC1Cc1cccc(F)c1. The minimum Gasteiger partial charge on any atom is -0.316 e. The third kappa shape index (κ3) is 5.10. The fourth-order valence-corrected chi connectivity index (χ4v) is 3.73. The molecule has 2 atom stereocenters. The second-order valence-electron chi connectivity index (χ2n) is 7.47. The van der Waals surface area contributed by atoms with Gasteiger partial charge in [-0.25, -0.2) is 4.39 Å². The molecular weight excluding hydrogens is 261 g/mol. The Kier molecular flexibility index (Phi) is 5.80. The summed E-state index contributed by atoms with van der Waals surface area (Å²) in [5.74, 6) is 1.29. The van der Waals surface area contributed by atoms with Crippen LogP contribution in [-0.4, -0.2) is 13.1 Å². The fraction of sp³-hybridized carbons (Fsp3) is 0.684. The largest absolute Gasteiger partial charge is 0.316 e. The van der Waals surface area contributed by atoms with Crippen LogP contribution in [0.2, 0.25) is 0 Å². The number of halogens is 1. The van der Waals surface area contributed by atoms with Gasteiger partial charge in [0.15, 0.2) is 0 Å². The van der Waals surface area contributed by atoms with E-state index in [1.54, 1.807) is 6.07 Å². The molecule has 2 heteroatoms. The van der Waals surface area contributed by atoms with Crippen LogP contribution in [0.5, 0.6) is 0 Å². The van der Waals surface area contributed by atoms with Crippen molar-refractivity contribution in [3.63, 3.8) is 0 Å². The Bertz CT molecular complexity index is 441. The normalized spacial score (nSPS) is 25.0. The zero-order valence-corrected chi connectivity index (χ0v) is 13.8. The lowest BCUT2D eigenvalue weighted by Gasteiger charge is -2.41. The summed E-state index contributed by atoms with van der Waals surface area (Å²) < 4.78 is 13.4. The molecule has 1 aromatic rings. The van der Waals surface area contributed by atoms with Crippen LogP contribution in [0.4, 0.5) is 4.39 Å². The Morgan fingerprint density at radius 1 is 1.29 bits per heavy atom. The highest BCUT2D eigenvalue weighted by Crippen LogP contribution is 2.43. The maximum absolute atomic E-state index is 13.4. The van der Waals surface area contributed by atoms with Gasteiger partial charge in [0.1, 0.15) is 5.82 Å². The number of hydrogen-bond donors (Lipinski definition) is 1. The van der Waals surface area contributed by atoms with Gasteiger partial charge in [-0.1, -0.05) is 32.9 Å². The van der Waals surface area contributed by atoms with Crippen molar-refractivity contribution >= 4 is 0 Å². The first-order valence-electron chi connectivity index (χ1n) is 8.45. The second kappa shape index (κ2) is 7.40. The molecule has 1 nitrogen and oxygen atoms in total. The summed E-state index contributed by atoms with van der Waals surface area (Å²) in [6.45, 7) is 9.18. The average molecular weight is 291 g/mol. The van der Waals surface area contributed by atoms with Gasteiger partial charge in [0.25, 0.3) is 0 Å². The van der Waals surface area contributed by atoms with Crippen LogP contribution in [0.25, 0.3) is 0 Å². The summed E-state index contributed by atoms with van der Waals surface area (Å²) in [5.41, 5.74) is 1.58. The number of rotatable bonds is 6. The lowest BCUT2D eigenvalue weighted by atomic mass is 9.65. The minimum absolute atomic E-state index is 0.108. The van der Waals surface area contributed by atoms with Gasteiger partial charge in [0.2, 0.25) is 0 Å². The molecule has 0 aliphatic heterocycles. The summed E-state index contributed by atoms with van der Waals surface area (Å²) in [7, 11) is 0. The molecule has 1 aromatic carbocycles. The van der Waals surface area contributed by atoms with Crippen molar-refractivity contribution in [2.24, 2.45) is 17.3 Å². The molecule has 2 unspecified atom stereocenters. The molecule has 1 N–H and O–H groups in total. The van der Waals surface area contributed by atoms with Gasteiger partial charge in [0.05, 0.1) is 0 Å². The van der Waals surface area contributed by atoms with Crippen molar-refractivity contribution in [1.82, 2.24) is 5.32 Å². The monoisotopic (exact) mass is 291 g/mol. The molecule has 0 bridgehead atoms. The number of hydrogen-bond acceptors (Lipinski definition) is 1. The molecular formula is C19H30FN. The molecule has 0 heterocycles. The Morgan fingerprint density at radius 2 is 2.10 bits per heavy atom. The second-order valence-corrected chi connectivity index (χ2v) is 7.47. The minimum atomic E-state index is -0.108. The van der Waals surface area contributed by atoms with E-state index in [2.05, 4.69) is 32.2 Å². The van der Waals surface area contributed by atoms with Crippen LogP contribution in [0.3, 0.4) is 0 Å². The van der Waals surface area contributed by atoms with Crippen molar-refractivity contribution in [1.29, 1.82) is 0 Å². The zero-order valence-electron chi connectivity index (χ0n) is 13.8. The Labute approximate surface area is 129 Å². The third-order valence-corrected chi connectivity index (χ3v) is 4.89. The summed E-state index contributed by atoms with van der Waals surface area (Å²) in [5, 5.41) is 3.59. The van der Waals surface area contributed by atoms with E-state index in [1.807, 2.05) is 6.07 Å². The van der Waals surface area contributed by atoms with Crippen molar-refractivity contribution in [3.8, 4) is 0 Å². The van der Waals surface area contributed by atoms with Gasteiger partial charge >= 0.3 is 0 Å². The first-order chi connectivity index (χ1) is 10.00. The predicted molar refractivity (Wildman–Crippen MR) is 87.9 cm³/mol. The third-order valence-electron chi connectivity index (χ3n) is 4.89. The van der Waals surface area contributed by atoms with E-state index in [1.165, 1.54) is 31.7 Å². The molecule has 1 saturated carbocycles. The van der Waals surface area contributed by atoms with E-state index in [0.29, 0.717) is 11.3 Å². The summed E-state index contributed by atoms with van der Waals surface area (Å²) in [4.78, 5) is 0. The summed E-state index contributed by atoms with van der Waals surface area (Å²) in [6.07, 6.45) is 6.06. The average Bonchev–Trinajstić information content (AvgIpc) is 2.41. The lowest BCUT2D eigenvalue weighted by molar-refractivity contribution is 0.116. The molecule has 0 amide bonds. The molecule has 0 saturated heterocycles. The molecule has 0 radical (unpaired) electrons. The van der Waals surface area contributed by atoms with Gasteiger partial charge in [-0.3, -0.25) is 0 Å². The summed E-state index contributed by atoms with van der Waals surface area (Å²) >= 11 is 0. The highest BCUT2D eigenvalue weighted by Gasteiger charge is 2.34. The standard InChI is InChI=1S/C19H30FN/c1-4-10-21-14-16-8-9-19(2,3)13-17(16)11-15-6-5-7-18(20)12-15/h5-7,12,16-17,21H,4,8-11,13-14H2,1-3H3. The summed E-state index contributed by atoms with van der Waals surface area (Å²) in [6, 6.07) is 7.15. The van der Waals surface area contributed by atoms with Gasteiger partial charge in [-0.05, 0) is 80.1 Å². The maximum Gasteiger partial charge on any atom is 0.123 e. The zero-order chi connectivity index (χ0) is 15.3. The van der Waals surface area contributed by atoms with Gasteiger partial charge in [-0.15, -0.1) is 0 Å². The highest BCUT2D eigenvalue weighted by atomic mass is 19.1. The van der Waals surface area contributed by atoms with E-state index >= 15 is 0 Å². The van der Waals surface area contributed by atoms with Crippen LogP contribution < -0.4 is 5.32 Å². The first-order valence-corrected chi connectivity index (χ1v) is 8.45. The highest BCUT2D eigenvalue weighted by molar-refractivity contribution is 5.17. The molecule has 1 aliphatic carbocycles. The van der Waals surface area contributed by atoms with Crippen LogP contribution in [0, 0.1) is 23.1 Å². The fourth-order valence-electron chi connectivity index (χ4n) is 3.73. The Balaban J connectivity index is 2.02. The molecule has 1 aliphatic rings. The van der Waals surface area contributed by atoms with E-state index < -0.39 is 0 Å². The molecule has 21 heavy (non-hydrogen) atoms. The van der Waals surface area contributed by atoms with Gasteiger partial charge in [-0.2, -0.15) is 0 Å². The molecule has 2 rings (SSSR count). The van der Waals surface area contributed by atoms with Crippen molar-refractivity contribution < 1.29 is 4.39 Å². The maximum atomic E-state index is 13.4. The Hall–Kier alpha value is -0.890. The smallest absolute Gasteiger partial charge is 0.123 e. The first kappa shape index (κ1) is 16.5. The van der Waals surface area contributed by atoms with Crippen molar-refractivity contribution in [3.05, 3.63) is 35.6 Å². The molecule has 118 valence electrons. The van der Waals surface area contributed by atoms with Crippen LogP contribution in [0.15, 0.2) is 24.3 Å². The van der Waals surface area contributed by atoms with Gasteiger partial charge in [0, 0.05) is 0 Å². The van der Waals surface area contributed by atoms with E-state index in [9.17, 15) is 4.39 Å². The lowest BCUT2D eigenvalue weighted by Crippen LogP contribution is -2.37. The van der Waals surface area contributed by atoms with E-state index in [0.717, 1.165) is 31.0 Å². The van der Waals surface area contributed by atoms with Crippen molar-refractivity contribution in [2.45, 2.75) is 52.9 Å². The van der Waals surface area contributed by atoms with Crippen LogP contribution in [0.1, 0.15) is 52.0 Å². The Morgan fingerprint density at radius 3 is 2.81 bits per heavy atom. The van der Waals surface area contributed by atoms with Gasteiger partial charge < -0.3 is 5.32 Å². The molecule has 0 aromatic heterocycles. The van der Waals surface area contributed by atoms with Crippen molar-refractivity contribution in [2.75, 3.05) is 13.1 Å². The van der Waals surface area contributed by atoms with E-state index in [-0.39, 0.29) is 5.82 Å². The molecule has 1 fully saturated rings. The quantitative estimate of drug-likeness (QED) is 0.742. The van der Waals surface area contributed by atoms with Crippen LogP contribution in [-0.2, 0) is 6.42 Å². The van der Waals surface area contributed by atoms with E-state index in [4.69, 9.17) is 0 Å².